The highest BCUT2D eigenvalue weighted by Crippen LogP contribution is 2.24. The number of nitrogens with one attached hydrogen (secondary N) is 2. The Morgan fingerprint density at radius 3 is 2.48 bits per heavy atom. The lowest BCUT2D eigenvalue weighted by molar-refractivity contribution is -0.167. The maximum Gasteiger partial charge on any atom is 0.439 e. The number of nitrogens with zero attached hydrogens (tertiary/aromatic N) is 3. The summed E-state index contributed by atoms with van der Waals surface area (Å²) in [6, 6.07) is 21.5. The quantitative estimate of drug-likeness (QED) is 0.225. The number of aromatic amines is 1. The minimum absolute atomic E-state index is 0.00260. The Morgan fingerprint density at radius 1 is 1.04 bits per heavy atom. The van der Waals surface area contributed by atoms with Crippen LogP contribution in [0.4, 0.5) is 11.4 Å². The van der Waals surface area contributed by atoms with Gasteiger partial charge in [0.15, 0.2) is 11.9 Å². The van der Waals surface area contributed by atoms with Gasteiger partial charge in [0.1, 0.15) is 13.2 Å². The molecule has 3 aromatic carbocycles. The summed E-state index contributed by atoms with van der Waals surface area (Å²) >= 11 is 0. The van der Waals surface area contributed by atoms with E-state index in [0.29, 0.717) is 16.9 Å². The second-order valence-corrected chi connectivity index (χ2v) is 10.7. The van der Waals surface area contributed by atoms with Crippen molar-refractivity contribution in [2.75, 3.05) is 37.0 Å². The molecule has 1 saturated heterocycles. The van der Waals surface area contributed by atoms with E-state index in [-0.39, 0.29) is 37.7 Å². The molecule has 2 N–H and O–H groups in total. The summed E-state index contributed by atoms with van der Waals surface area (Å²) in [5.74, 6) is -3.91. The Kier molecular flexibility index (Phi) is 10.4. The molecule has 2 unspecified atom stereocenters. The van der Waals surface area contributed by atoms with Gasteiger partial charge in [-0.15, -0.1) is 0 Å². The summed E-state index contributed by atoms with van der Waals surface area (Å²) in [4.78, 5) is 80.7. The molecule has 248 valence electrons. The molecule has 1 aromatic heterocycles. The van der Waals surface area contributed by atoms with Gasteiger partial charge in [-0.25, -0.2) is 4.79 Å². The van der Waals surface area contributed by atoms with Gasteiger partial charge >= 0.3 is 17.7 Å². The van der Waals surface area contributed by atoms with Crippen LogP contribution in [0.5, 0.6) is 0 Å². The lowest BCUT2D eigenvalue weighted by atomic mass is 10.1. The van der Waals surface area contributed by atoms with Gasteiger partial charge in [0.2, 0.25) is 6.10 Å². The van der Waals surface area contributed by atoms with E-state index in [0.717, 1.165) is 12.5 Å². The van der Waals surface area contributed by atoms with E-state index in [1.165, 1.54) is 35.0 Å². The van der Waals surface area contributed by atoms with Crippen LogP contribution in [0.2, 0.25) is 0 Å². The first-order valence-electron chi connectivity index (χ1n) is 14.7. The van der Waals surface area contributed by atoms with Crippen molar-refractivity contribution in [1.29, 1.82) is 0 Å². The molecule has 1 aliphatic heterocycles. The first-order chi connectivity index (χ1) is 23.1. The molecule has 48 heavy (non-hydrogen) atoms. The molecule has 3 amide bonds. The van der Waals surface area contributed by atoms with Gasteiger partial charge in [-0.3, -0.25) is 33.5 Å². The molecular formula is C33H31N5O10. The van der Waals surface area contributed by atoms with Crippen molar-refractivity contribution in [3.8, 4) is 11.4 Å². The van der Waals surface area contributed by atoms with Crippen LogP contribution >= 0.6 is 0 Å². The zero-order valence-electron chi connectivity index (χ0n) is 25.9. The number of hydrogen-bond donors (Lipinski definition) is 2. The fraction of sp³-hybridized carbons (Fsp3) is 0.242. The molecule has 0 aliphatic carbocycles. The second kappa shape index (κ2) is 15.0. The molecular weight excluding hydrogens is 626 g/mol. The van der Waals surface area contributed by atoms with Gasteiger partial charge in [-0.1, -0.05) is 41.6 Å². The number of likely N-dealkylation sites (N-methyl/N-ethyl adjacent to an activating group) is 1. The highest BCUT2D eigenvalue weighted by molar-refractivity contribution is 6.05. The third-order valence-corrected chi connectivity index (χ3v) is 7.17. The maximum atomic E-state index is 13.7. The van der Waals surface area contributed by atoms with E-state index in [2.05, 4.69) is 20.0 Å². The molecule has 0 radical (unpaired) electrons. The van der Waals surface area contributed by atoms with Gasteiger partial charge in [-0.2, -0.15) is 0 Å². The first-order valence-corrected chi connectivity index (χ1v) is 14.7. The zero-order chi connectivity index (χ0) is 34.2. The summed E-state index contributed by atoms with van der Waals surface area (Å²) in [6.07, 6.45) is -3.15. The molecule has 0 bridgehead atoms. The Balaban J connectivity index is 1.25. The Hall–Kier alpha value is -6.09. The summed E-state index contributed by atoms with van der Waals surface area (Å²) in [6.45, 7) is 0.965. The van der Waals surface area contributed by atoms with Crippen molar-refractivity contribution in [1.82, 2.24) is 15.0 Å². The number of amides is 3. The summed E-state index contributed by atoms with van der Waals surface area (Å²) in [7, 11) is 1.46. The van der Waals surface area contributed by atoms with E-state index in [1.807, 2.05) is 30.3 Å². The lowest BCUT2D eigenvalue weighted by Crippen LogP contribution is -2.56. The third kappa shape index (κ3) is 8.19. The standard InChI is InChI=1S/C33H31N5O10/c1-20(39)47-27(30(41)34-24-13-11-22(12-14-24)29-35-33(44)48-36-29)28-32(43)38(15-16-45-28)25-10-6-9-23(17-25)31(42)37(2)18-26(40)46-19-21-7-4-3-5-8-21/h3-14,17,27-28H,15-16,18-19H2,1-2H3,(H,34,41)(H,35,36,44). The number of ether oxygens (including phenoxy) is 3. The molecule has 5 rings (SSSR count). The zero-order valence-corrected chi connectivity index (χ0v) is 25.9. The van der Waals surface area contributed by atoms with Crippen molar-refractivity contribution in [2.45, 2.75) is 25.7 Å². The first kappa shape index (κ1) is 33.3. The minimum atomic E-state index is -1.65. The van der Waals surface area contributed by atoms with Gasteiger partial charge in [-0.05, 0) is 48.0 Å². The van der Waals surface area contributed by atoms with Crippen LogP contribution in [0, 0.1) is 0 Å². The molecule has 1 aliphatic rings. The summed E-state index contributed by atoms with van der Waals surface area (Å²) in [5, 5.41) is 6.21. The number of aromatic nitrogens is 2. The SMILES string of the molecule is CC(=O)OC(C(=O)Nc1ccc(-c2noc(=O)[nH]2)cc1)C1OCCN(c2cccc(C(=O)N(C)CC(=O)OCc3ccccc3)c2)C1=O. The van der Waals surface area contributed by atoms with Crippen LogP contribution in [-0.2, 0) is 40.0 Å². The van der Waals surface area contributed by atoms with Crippen molar-refractivity contribution in [2.24, 2.45) is 0 Å². The fourth-order valence-electron chi connectivity index (χ4n) is 4.87. The molecule has 15 nitrogen and oxygen atoms in total. The largest absolute Gasteiger partial charge is 0.459 e. The van der Waals surface area contributed by atoms with Crippen LogP contribution in [0.3, 0.4) is 0 Å². The topological polar surface area (TPSA) is 190 Å². The number of benzene rings is 3. The Bertz CT molecular complexity index is 1850. The average Bonchev–Trinajstić information content (AvgIpc) is 3.53. The molecule has 2 heterocycles. The maximum absolute atomic E-state index is 13.7. The summed E-state index contributed by atoms with van der Waals surface area (Å²) < 4.78 is 20.7. The predicted molar refractivity (Wildman–Crippen MR) is 168 cm³/mol. The second-order valence-electron chi connectivity index (χ2n) is 10.7. The van der Waals surface area contributed by atoms with Crippen molar-refractivity contribution in [3.05, 3.63) is 101 Å². The predicted octanol–water partition coefficient (Wildman–Crippen LogP) is 2.15. The number of morpholine rings is 1. The van der Waals surface area contributed by atoms with E-state index in [1.54, 1.807) is 30.3 Å². The van der Waals surface area contributed by atoms with Crippen LogP contribution in [0.1, 0.15) is 22.8 Å². The number of hydrogen-bond acceptors (Lipinski definition) is 11. The molecule has 1 fully saturated rings. The lowest BCUT2D eigenvalue weighted by Gasteiger charge is -2.35. The van der Waals surface area contributed by atoms with Crippen molar-refractivity contribution < 1.29 is 42.7 Å². The normalized spacial score (nSPS) is 14.9. The molecule has 15 heteroatoms. The Morgan fingerprint density at radius 2 is 1.79 bits per heavy atom. The third-order valence-electron chi connectivity index (χ3n) is 7.17. The van der Waals surface area contributed by atoms with Crippen LogP contribution in [0.25, 0.3) is 11.4 Å². The van der Waals surface area contributed by atoms with Gasteiger partial charge in [0.05, 0.1) is 6.61 Å². The molecule has 0 spiro atoms. The van der Waals surface area contributed by atoms with E-state index in [4.69, 9.17) is 14.2 Å². The molecule has 2 atom stereocenters. The number of carbonyl (C=O) groups is 5. The number of esters is 2. The van der Waals surface area contributed by atoms with E-state index in [9.17, 15) is 28.8 Å². The smallest absolute Gasteiger partial charge is 0.439 e. The average molecular weight is 658 g/mol. The number of carbonyl (C=O) groups excluding carboxylic acids is 5. The summed E-state index contributed by atoms with van der Waals surface area (Å²) in [5.41, 5.74) is 2.15. The van der Waals surface area contributed by atoms with E-state index < -0.39 is 47.6 Å². The number of rotatable bonds is 11. The minimum Gasteiger partial charge on any atom is -0.459 e. The fourth-order valence-corrected chi connectivity index (χ4v) is 4.87. The van der Waals surface area contributed by atoms with Crippen molar-refractivity contribution in [3.63, 3.8) is 0 Å². The van der Waals surface area contributed by atoms with Gasteiger partial charge in [0, 0.05) is 43.0 Å². The molecule has 4 aromatic rings. The number of H-pyrrole nitrogens is 1. The van der Waals surface area contributed by atoms with Gasteiger partial charge in [0.25, 0.3) is 17.7 Å². The van der Waals surface area contributed by atoms with Crippen LogP contribution < -0.4 is 16.0 Å². The van der Waals surface area contributed by atoms with Crippen LogP contribution in [-0.4, -0.2) is 83.7 Å². The highest BCUT2D eigenvalue weighted by atomic mass is 16.6. The monoisotopic (exact) mass is 657 g/mol. The van der Waals surface area contributed by atoms with E-state index >= 15 is 0 Å². The van der Waals surface area contributed by atoms with Crippen LogP contribution in [0.15, 0.2) is 88.2 Å². The number of anilines is 2. The molecule has 0 saturated carbocycles. The highest BCUT2D eigenvalue weighted by Gasteiger charge is 2.42. The van der Waals surface area contributed by atoms with Crippen molar-refractivity contribution >= 4 is 41.0 Å². The Labute approximate surface area is 273 Å². The van der Waals surface area contributed by atoms with Gasteiger partial charge < -0.3 is 29.3 Å².